The molecule has 0 heterocycles. The van der Waals surface area contributed by atoms with Crippen molar-refractivity contribution in [1.29, 1.82) is 0 Å². The molecule has 0 nitrogen and oxygen atoms in total. The van der Waals surface area contributed by atoms with Gasteiger partial charge in [-0.15, -0.1) is 0 Å². The maximum absolute atomic E-state index is 2.47. The molecule has 0 aliphatic carbocycles. The monoisotopic (exact) mass is 288 g/mol. The van der Waals surface area contributed by atoms with Crippen LogP contribution in [0.4, 0.5) is 0 Å². The zero-order chi connectivity index (χ0) is 10.2. The first-order valence-electron chi connectivity index (χ1n) is 4.75. The highest BCUT2D eigenvalue weighted by Crippen LogP contribution is 2.27. The van der Waals surface area contributed by atoms with Crippen LogP contribution in [-0.2, 0) is 6.42 Å². The van der Waals surface area contributed by atoms with Crippen molar-refractivity contribution in [2.75, 3.05) is 0 Å². The maximum Gasteiger partial charge on any atom is 0.0196 e. The molecule has 0 saturated heterocycles. The van der Waals surface area contributed by atoms with E-state index in [2.05, 4.69) is 57.2 Å². The van der Waals surface area contributed by atoms with Gasteiger partial charge in [0.2, 0.25) is 0 Å². The van der Waals surface area contributed by atoms with Crippen LogP contribution in [0.1, 0.15) is 34.7 Å². The molecule has 0 bridgehead atoms. The average molecular weight is 288 g/mol. The summed E-state index contributed by atoms with van der Waals surface area (Å²) in [6.07, 6.45) is 1.14. The number of hydrogen-bond acceptors (Lipinski definition) is 0. The van der Waals surface area contributed by atoms with E-state index < -0.39 is 0 Å². The molecule has 0 radical (unpaired) electrons. The lowest BCUT2D eigenvalue weighted by Crippen LogP contribution is -2.01. The van der Waals surface area contributed by atoms with E-state index in [4.69, 9.17) is 0 Å². The van der Waals surface area contributed by atoms with Crippen LogP contribution in [0.25, 0.3) is 0 Å². The molecule has 0 aromatic heterocycles. The third kappa shape index (κ3) is 1.76. The maximum atomic E-state index is 2.47. The normalized spacial score (nSPS) is 10.6. The molecular formula is C12H17I. The lowest BCUT2D eigenvalue weighted by atomic mass is 9.93. The van der Waals surface area contributed by atoms with E-state index in [1.165, 1.54) is 31.4 Å². The van der Waals surface area contributed by atoms with Crippen LogP contribution < -0.4 is 0 Å². The summed E-state index contributed by atoms with van der Waals surface area (Å²) in [6.45, 7) is 11.1. The van der Waals surface area contributed by atoms with E-state index in [-0.39, 0.29) is 0 Å². The van der Waals surface area contributed by atoms with Crippen molar-refractivity contribution in [2.24, 2.45) is 0 Å². The quantitative estimate of drug-likeness (QED) is 0.683. The van der Waals surface area contributed by atoms with Gasteiger partial charge in [0.25, 0.3) is 0 Å². The van der Waals surface area contributed by atoms with E-state index in [1.54, 1.807) is 0 Å². The van der Waals surface area contributed by atoms with Crippen LogP contribution in [-0.4, -0.2) is 0 Å². The second-order valence-corrected chi connectivity index (χ2v) is 4.72. The molecule has 0 amide bonds. The zero-order valence-electron chi connectivity index (χ0n) is 9.09. The van der Waals surface area contributed by atoms with Gasteiger partial charge in [0.15, 0.2) is 0 Å². The zero-order valence-corrected chi connectivity index (χ0v) is 11.2. The Bertz CT molecular complexity index is 308. The van der Waals surface area contributed by atoms with E-state index in [1.807, 2.05) is 0 Å². The Hall–Kier alpha value is -0.0500. The Balaban J connectivity index is 3.56. The third-order valence-corrected chi connectivity index (χ3v) is 4.55. The summed E-state index contributed by atoms with van der Waals surface area (Å²) >= 11 is 2.47. The van der Waals surface area contributed by atoms with Crippen LogP contribution in [0.15, 0.2) is 0 Å². The van der Waals surface area contributed by atoms with Gasteiger partial charge in [-0.1, -0.05) is 6.92 Å². The van der Waals surface area contributed by atoms with Crippen LogP contribution in [0.2, 0.25) is 0 Å². The van der Waals surface area contributed by atoms with E-state index in [9.17, 15) is 0 Å². The van der Waals surface area contributed by atoms with Crippen molar-refractivity contribution in [3.8, 4) is 0 Å². The number of rotatable bonds is 1. The van der Waals surface area contributed by atoms with Crippen molar-refractivity contribution < 1.29 is 0 Å². The van der Waals surface area contributed by atoms with Gasteiger partial charge in [0, 0.05) is 3.57 Å². The molecule has 13 heavy (non-hydrogen) atoms. The Labute approximate surface area is 94.9 Å². The molecule has 1 rings (SSSR count). The first-order chi connectivity index (χ1) is 6.00. The smallest absolute Gasteiger partial charge is 0.0196 e. The molecule has 0 N–H and O–H groups in total. The molecule has 0 aliphatic rings. The van der Waals surface area contributed by atoms with Crippen LogP contribution in [0.5, 0.6) is 0 Å². The summed E-state index contributed by atoms with van der Waals surface area (Å²) in [7, 11) is 0. The van der Waals surface area contributed by atoms with Gasteiger partial charge < -0.3 is 0 Å². The van der Waals surface area contributed by atoms with Crippen LogP contribution in [0.3, 0.4) is 0 Å². The fourth-order valence-electron chi connectivity index (χ4n) is 1.76. The summed E-state index contributed by atoms with van der Waals surface area (Å²) < 4.78 is 1.46. The Morgan fingerprint density at radius 2 is 1.31 bits per heavy atom. The van der Waals surface area contributed by atoms with E-state index in [0.29, 0.717) is 0 Å². The van der Waals surface area contributed by atoms with Gasteiger partial charge in [-0.3, -0.25) is 0 Å². The molecular weight excluding hydrogens is 271 g/mol. The molecule has 0 unspecified atom stereocenters. The summed E-state index contributed by atoms with van der Waals surface area (Å²) in [4.78, 5) is 0. The van der Waals surface area contributed by atoms with Crippen molar-refractivity contribution >= 4 is 22.6 Å². The first-order valence-corrected chi connectivity index (χ1v) is 5.83. The minimum Gasteiger partial charge on any atom is -0.0612 e. The number of halogens is 1. The van der Waals surface area contributed by atoms with Crippen molar-refractivity contribution in [3.05, 3.63) is 31.4 Å². The molecule has 72 valence electrons. The largest absolute Gasteiger partial charge is 0.0612 e. The lowest BCUT2D eigenvalue weighted by molar-refractivity contribution is 1.05. The second kappa shape index (κ2) is 3.99. The molecule has 0 atom stereocenters. The molecule has 0 fully saturated rings. The summed E-state index contributed by atoms with van der Waals surface area (Å²) in [5.41, 5.74) is 7.39. The van der Waals surface area contributed by atoms with Gasteiger partial charge in [-0.25, -0.2) is 0 Å². The molecule has 1 heteroatoms. The molecule has 1 aromatic carbocycles. The molecule has 0 saturated carbocycles. The van der Waals surface area contributed by atoms with Gasteiger partial charge in [-0.05, 0) is 84.5 Å². The molecule has 0 spiro atoms. The number of hydrogen-bond donors (Lipinski definition) is 0. The first kappa shape index (κ1) is 11.0. The predicted molar refractivity (Wildman–Crippen MR) is 67.5 cm³/mol. The predicted octanol–water partition coefficient (Wildman–Crippen LogP) is 4.09. The third-order valence-electron chi connectivity index (χ3n) is 3.09. The molecule has 1 aromatic rings. The lowest BCUT2D eigenvalue weighted by Gasteiger charge is -2.16. The van der Waals surface area contributed by atoms with Crippen molar-refractivity contribution in [2.45, 2.75) is 41.0 Å². The van der Waals surface area contributed by atoms with Gasteiger partial charge in [-0.2, -0.15) is 0 Å². The van der Waals surface area contributed by atoms with Crippen LogP contribution in [0, 0.1) is 31.3 Å². The van der Waals surface area contributed by atoms with Gasteiger partial charge >= 0.3 is 0 Å². The molecule has 0 aliphatic heterocycles. The summed E-state index contributed by atoms with van der Waals surface area (Å²) in [6, 6.07) is 0. The average Bonchev–Trinajstić information content (AvgIpc) is 2.13. The van der Waals surface area contributed by atoms with E-state index in [0.717, 1.165) is 6.42 Å². The second-order valence-electron chi connectivity index (χ2n) is 3.65. The van der Waals surface area contributed by atoms with Gasteiger partial charge in [0.1, 0.15) is 0 Å². The topological polar surface area (TPSA) is 0 Å². The van der Waals surface area contributed by atoms with Gasteiger partial charge in [0.05, 0.1) is 0 Å². The highest BCUT2D eigenvalue weighted by molar-refractivity contribution is 14.1. The fourth-order valence-corrected chi connectivity index (χ4v) is 2.96. The minimum atomic E-state index is 1.14. The van der Waals surface area contributed by atoms with E-state index >= 15 is 0 Å². The Morgan fingerprint density at radius 1 is 0.846 bits per heavy atom. The highest BCUT2D eigenvalue weighted by atomic mass is 127. The SMILES string of the molecule is CCc1c(C)c(C)c(C)c(C)c1I. The van der Waals surface area contributed by atoms with Crippen LogP contribution >= 0.6 is 22.6 Å². The minimum absolute atomic E-state index is 1.14. The number of benzene rings is 1. The standard InChI is InChI=1S/C12H17I/c1-6-11-9(4)7(2)8(3)10(5)12(11)13/h6H2,1-5H3. The highest BCUT2D eigenvalue weighted by Gasteiger charge is 2.10. The Morgan fingerprint density at radius 3 is 1.77 bits per heavy atom. The van der Waals surface area contributed by atoms with Crippen molar-refractivity contribution in [1.82, 2.24) is 0 Å². The van der Waals surface area contributed by atoms with Crippen molar-refractivity contribution in [3.63, 3.8) is 0 Å². The Kier molecular flexibility index (Phi) is 3.38. The summed E-state index contributed by atoms with van der Waals surface area (Å²) in [5.74, 6) is 0. The fraction of sp³-hybridized carbons (Fsp3) is 0.500. The summed E-state index contributed by atoms with van der Waals surface area (Å²) in [5, 5.41) is 0.